The van der Waals surface area contributed by atoms with Gasteiger partial charge in [0.25, 0.3) is 0 Å². The number of nitrogens with zero attached hydrogens (tertiary/aromatic N) is 3. The van der Waals surface area contributed by atoms with Crippen molar-refractivity contribution in [1.82, 2.24) is 4.90 Å². The topological polar surface area (TPSA) is 59.4 Å². The predicted octanol–water partition coefficient (Wildman–Crippen LogP) is 0.878. The minimum atomic E-state index is -0.00837. The Labute approximate surface area is 107 Å². The fourth-order valence-corrected chi connectivity index (χ4v) is 1.94. The van der Waals surface area contributed by atoms with Gasteiger partial charge in [-0.2, -0.15) is 5.26 Å². The summed E-state index contributed by atoms with van der Waals surface area (Å²) in [5, 5.41) is 11.8. The molecule has 0 bridgehead atoms. The fraction of sp³-hybridized carbons (Fsp3) is 0.385. The van der Waals surface area contributed by atoms with E-state index in [0.717, 1.165) is 24.5 Å². The third kappa shape index (κ3) is 2.60. The molecule has 5 heteroatoms. The van der Waals surface area contributed by atoms with E-state index in [1.54, 1.807) is 12.1 Å². The Bertz CT molecular complexity index is 504. The second-order valence-electron chi connectivity index (χ2n) is 4.62. The summed E-state index contributed by atoms with van der Waals surface area (Å²) in [4.78, 5) is 15.7. The Morgan fingerprint density at radius 3 is 2.94 bits per heavy atom. The van der Waals surface area contributed by atoms with E-state index in [-0.39, 0.29) is 5.91 Å². The van der Waals surface area contributed by atoms with Gasteiger partial charge in [-0.1, -0.05) is 0 Å². The fourth-order valence-electron chi connectivity index (χ4n) is 1.94. The maximum atomic E-state index is 11.6. The molecule has 0 atom stereocenters. The number of likely N-dealkylation sites (N-methyl/N-ethyl adjacent to an activating group) is 1. The smallest absolute Gasteiger partial charge is 0.243 e. The van der Waals surface area contributed by atoms with Gasteiger partial charge in [0.15, 0.2) is 0 Å². The standard InChI is InChI=1S/C13H16N4O/c1-16(2)5-6-17-9-13(18)15-11-4-3-10(8-14)7-12(11)17/h3-4,7H,5-6,9H2,1-2H3,(H,15,18). The van der Waals surface area contributed by atoms with Crippen LogP contribution >= 0.6 is 0 Å². The quantitative estimate of drug-likeness (QED) is 0.857. The van der Waals surface area contributed by atoms with Crippen LogP contribution in [0.25, 0.3) is 0 Å². The number of nitrogens with one attached hydrogen (secondary N) is 1. The molecule has 0 saturated carbocycles. The summed E-state index contributed by atoms with van der Waals surface area (Å²) >= 11 is 0. The Kier molecular flexibility index (Phi) is 3.49. The van der Waals surface area contributed by atoms with Crippen molar-refractivity contribution in [3.8, 4) is 6.07 Å². The van der Waals surface area contributed by atoms with Crippen LogP contribution in [0.15, 0.2) is 18.2 Å². The molecule has 0 aliphatic carbocycles. The van der Waals surface area contributed by atoms with Gasteiger partial charge in [0.05, 0.1) is 29.6 Å². The Morgan fingerprint density at radius 1 is 1.50 bits per heavy atom. The normalized spacial score (nSPS) is 14.1. The second kappa shape index (κ2) is 5.07. The van der Waals surface area contributed by atoms with E-state index >= 15 is 0 Å². The number of hydrogen-bond acceptors (Lipinski definition) is 4. The van der Waals surface area contributed by atoms with Gasteiger partial charge >= 0.3 is 0 Å². The lowest BCUT2D eigenvalue weighted by molar-refractivity contribution is -0.115. The number of fused-ring (bicyclic) bond motifs is 1. The van der Waals surface area contributed by atoms with Gasteiger partial charge in [0.2, 0.25) is 5.91 Å². The highest BCUT2D eigenvalue weighted by atomic mass is 16.2. The third-order valence-electron chi connectivity index (χ3n) is 2.89. The van der Waals surface area contributed by atoms with Gasteiger partial charge in [0.1, 0.15) is 0 Å². The Balaban J connectivity index is 2.28. The predicted molar refractivity (Wildman–Crippen MR) is 70.6 cm³/mol. The van der Waals surface area contributed by atoms with E-state index in [0.29, 0.717) is 12.1 Å². The number of nitriles is 1. The van der Waals surface area contributed by atoms with Crippen LogP contribution in [0.1, 0.15) is 5.56 Å². The largest absolute Gasteiger partial charge is 0.359 e. The number of rotatable bonds is 3. The monoisotopic (exact) mass is 244 g/mol. The molecule has 0 spiro atoms. The summed E-state index contributed by atoms with van der Waals surface area (Å²) in [7, 11) is 3.99. The highest BCUT2D eigenvalue weighted by Crippen LogP contribution is 2.30. The van der Waals surface area contributed by atoms with Crippen molar-refractivity contribution in [3.63, 3.8) is 0 Å². The van der Waals surface area contributed by atoms with Crippen molar-refractivity contribution in [3.05, 3.63) is 23.8 Å². The minimum absolute atomic E-state index is 0.00837. The molecule has 18 heavy (non-hydrogen) atoms. The molecule has 1 aliphatic rings. The van der Waals surface area contributed by atoms with Crippen LogP contribution in [-0.4, -0.2) is 44.5 Å². The van der Waals surface area contributed by atoms with Crippen molar-refractivity contribution in [2.24, 2.45) is 0 Å². The highest BCUT2D eigenvalue weighted by Gasteiger charge is 2.21. The summed E-state index contributed by atoms with van der Waals surface area (Å²) in [5.74, 6) is -0.00837. The summed E-state index contributed by atoms with van der Waals surface area (Å²) in [6, 6.07) is 7.45. The van der Waals surface area contributed by atoms with E-state index in [2.05, 4.69) is 16.3 Å². The van der Waals surface area contributed by atoms with Gasteiger partial charge < -0.3 is 15.1 Å². The van der Waals surface area contributed by atoms with Gasteiger partial charge in [0, 0.05) is 13.1 Å². The van der Waals surface area contributed by atoms with E-state index in [1.807, 2.05) is 25.1 Å². The molecule has 1 heterocycles. The lowest BCUT2D eigenvalue weighted by Crippen LogP contribution is -2.41. The molecule has 1 aliphatic heterocycles. The number of carbonyl (C=O) groups excluding carboxylic acids is 1. The van der Waals surface area contributed by atoms with Crippen LogP contribution in [-0.2, 0) is 4.79 Å². The molecule has 2 rings (SSSR count). The first-order valence-corrected chi connectivity index (χ1v) is 5.84. The van der Waals surface area contributed by atoms with Gasteiger partial charge in [-0.15, -0.1) is 0 Å². The first-order chi connectivity index (χ1) is 8.60. The number of carbonyl (C=O) groups is 1. The van der Waals surface area contributed by atoms with Crippen molar-refractivity contribution in [2.45, 2.75) is 0 Å². The molecule has 94 valence electrons. The van der Waals surface area contributed by atoms with Gasteiger partial charge in [-0.3, -0.25) is 4.79 Å². The average molecular weight is 244 g/mol. The van der Waals surface area contributed by atoms with Gasteiger partial charge in [-0.25, -0.2) is 0 Å². The van der Waals surface area contributed by atoms with Crippen molar-refractivity contribution >= 4 is 17.3 Å². The van der Waals surface area contributed by atoms with Crippen molar-refractivity contribution in [1.29, 1.82) is 5.26 Å². The molecule has 1 amide bonds. The molecular formula is C13H16N4O. The lowest BCUT2D eigenvalue weighted by atomic mass is 10.1. The van der Waals surface area contributed by atoms with Crippen LogP contribution < -0.4 is 10.2 Å². The van der Waals surface area contributed by atoms with Crippen molar-refractivity contribution in [2.75, 3.05) is 43.9 Å². The second-order valence-corrected chi connectivity index (χ2v) is 4.62. The first kappa shape index (κ1) is 12.4. The summed E-state index contributed by atoms with van der Waals surface area (Å²) in [6.07, 6.45) is 0. The highest BCUT2D eigenvalue weighted by molar-refractivity contribution is 6.01. The van der Waals surface area contributed by atoms with E-state index in [1.165, 1.54) is 0 Å². The molecule has 0 radical (unpaired) electrons. The molecule has 1 aromatic carbocycles. The minimum Gasteiger partial charge on any atom is -0.359 e. The number of benzene rings is 1. The number of hydrogen-bond donors (Lipinski definition) is 1. The third-order valence-corrected chi connectivity index (χ3v) is 2.89. The first-order valence-electron chi connectivity index (χ1n) is 5.84. The average Bonchev–Trinajstić information content (AvgIpc) is 2.35. The summed E-state index contributed by atoms with van der Waals surface area (Å²) < 4.78 is 0. The van der Waals surface area contributed by atoms with Crippen LogP contribution in [0, 0.1) is 11.3 Å². The van der Waals surface area contributed by atoms with E-state index in [9.17, 15) is 4.79 Å². The molecule has 0 saturated heterocycles. The zero-order valence-electron chi connectivity index (χ0n) is 10.6. The van der Waals surface area contributed by atoms with E-state index in [4.69, 9.17) is 5.26 Å². The SMILES string of the molecule is CN(C)CCN1CC(=O)Nc2ccc(C#N)cc21. The number of anilines is 2. The van der Waals surface area contributed by atoms with Crippen molar-refractivity contribution < 1.29 is 4.79 Å². The lowest BCUT2D eigenvalue weighted by Gasteiger charge is -2.31. The van der Waals surface area contributed by atoms with Gasteiger partial charge in [-0.05, 0) is 32.3 Å². The summed E-state index contributed by atoms with van der Waals surface area (Å²) in [6.45, 7) is 1.97. The van der Waals surface area contributed by atoms with Crippen LogP contribution in [0.4, 0.5) is 11.4 Å². The zero-order chi connectivity index (χ0) is 13.1. The maximum Gasteiger partial charge on any atom is 0.243 e. The molecule has 0 unspecified atom stereocenters. The number of amides is 1. The maximum absolute atomic E-state index is 11.6. The van der Waals surface area contributed by atoms with Crippen LogP contribution in [0.5, 0.6) is 0 Å². The van der Waals surface area contributed by atoms with E-state index < -0.39 is 0 Å². The Morgan fingerprint density at radius 2 is 2.28 bits per heavy atom. The molecule has 5 nitrogen and oxygen atoms in total. The molecule has 1 aromatic rings. The van der Waals surface area contributed by atoms with Crippen LogP contribution in [0.3, 0.4) is 0 Å². The Hall–Kier alpha value is -2.06. The molecular weight excluding hydrogens is 228 g/mol. The molecule has 1 N–H and O–H groups in total. The zero-order valence-corrected chi connectivity index (χ0v) is 10.6. The molecule has 0 fully saturated rings. The van der Waals surface area contributed by atoms with Crippen LogP contribution in [0.2, 0.25) is 0 Å². The summed E-state index contributed by atoms with van der Waals surface area (Å²) in [5.41, 5.74) is 2.32. The molecule has 0 aromatic heterocycles.